The Balaban J connectivity index is 1.82. The number of non-ortho nitro benzene ring substituents is 1. The Labute approximate surface area is 200 Å². The summed E-state index contributed by atoms with van der Waals surface area (Å²) in [6.07, 6.45) is 4.74. The third-order valence-electron chi connectivity index (χ3n) is 5.51. The molecule has 0 spiro atoms. The van der Waals surface area contributed by atoms with Crippen molar-refractivity contribution in [2.75, 3.05) is 6.61 Å². The van der Waals surface area contributed by atoms with Crippen molar-refractivity contribution >= 4 is 23.1 Å². The molecule has 9 nitrogen and oxygen atoms in total. The van der Waals surface area contributed by atoms with Crippen molar-refractivity contribution in [3.05, 3.63) is 118 Å². The smallest absolute Gasteiger partial charge is 0.295 e. The zero-order valence-electron chi connectivity index (χ0n) is 18.5. The highest BCUT2D eigenvalue weighted by Crippen LogP contribution is 2.41. The van der Waals surface area contributed by atoms with Crippen molar-refractivity contribution in [2.24, 2.45) is 0 Å². The van der Waals surface area contributed by atoms with Crippen molar-refractivity contribution in [2.45, 2.75) is 12.6 Å². The fourth-order valence-corrected chi connectivity index (χ4v) is 3.91. The minimum atomic E-state index is -1.04. The molecule has 0 radical (unpaired) electrons. The number of aliphatic hydroxyl groups excluding tert-OH is 1. The molecule has 1 atom stereocenters. The first kappa shape index (κ1) is 23.4. The van der Waals surface area contributed by atoms with Gasteiger partial charge in [-0.05, 0) is 41.5 Å². The first-order chi connectivity index (χ1) is 16.9. The molecule has 0 aliphatic carbocycles. The molecule has 0 unspecified atom stereocenters. The lowest BCUT2D eigenvalue weighted by atomic mass is 9.95. The predicted octanol–water partition coefficient (Wildman–Crippen LogP) is 4.18. The zero-order valence-corrected chi connectivity index (χ0v) is 18.5. The van der Waals surface area contributed by atoms with Crippen molar-refractivity contribution in [1.82, 2.24) is 9.88 Å². The van der Waals surface area contributed by atoms with Crippen LogP contribution in [0, 0.1) is 10.1 Å². The number of Topliss-reactive ketones (excluding diaryl/α,β-unsaturated/α-hetero) is 1. The molecule has 1 aliphatic rings. The molecule has 1 fully saturated rings. The van der Waals surface area contributed by atoms with E-state index in [4.69, 9.17) is 4.74 Å². The van der Waals surface area contributed by atoms with Crippen LogP contribution in [0.25, 0.3) is 5.76 Å². The molecule has 1 N–H and O–H groups in total. The van der Waals surface area contributed by atoms with Crippen LogP contribution >= 0.6 is 0 Å². The summed E-state index contributed by atoms with van der Waals surface area (Å²) in [5.74, 6) is -1.55. The van der Waals surface area contributed by atoms with Crippen molar-refractivity contribution < 1.29 is 24.4 Å². The molecule has 1 saturated heterocycles. The van der Waals surface area contributed by atoms with Gasteiger partial charge >= 0.3 is 0 Å². The Kier molecular flexibility index (Phi) is 6.68. The van der Waals surface area contributed by atoms with Gasteiger partial charge in [0.25, 0.3) is 17.4 Å². The summed E-state index contributed by atoms with van der Waals surface area (Å²) in [4.78, 5) is 42.4. The Morgan fingerprint density at radius 1 is 1.17 bits per heavy atom. The fourth-order valence-electron chi connectivity index (χ4n) is 3.91. The zero-order chi connectivity index (χ0) is 24.9. The highest BCUT2D eigenvalue weighted by molar-refractivity contribution is 6.46. The molecule has 35 heavy (non-hydrogen) atoms. The number of amides is 1. The Bertz CT molecular complexity index is 1320. The normalized spacial score (nSPS) is 16.8. The molecule has 1 aromatic heterocycles. The van der Waals surface area contributed by atoms with Gasteiger partial charge < -0.3 is 14.7 Å². The van der Waals surface area contributed by atoms with Gasteiger partial charge in [-0.2, -0.15) is 0 Å². The van der Waals surface area contributed by atoms with E-state index in [1.165, 1.54) is 23.1 Å². The van der Waals surface area contributed by atoms with E-state index >= 15 is 0 Å². The third-order valence-corrected chi connectivity index (χ3v) is 5.51. The van der Waals surface area contributed by atoms with Gasteiger partial charge in [-0.1, -0.05) is 30.9 Å². The number of nitrogens with zero attached hydrogens (tertiary/aromatic N) is 3. The van der Waals surface area contributed by atoms with Crippen LogP contribution in [-0.4, -0.2) is 38.2 Å². The second-order valence-electron chi connectivity index (χ2n) is 7.76. The molecule has 4 rings (SSSR count). The minimum absolute atomic E-state index is 0.0247. The number of aromatic nitrogens is 1. The van der Waals surface area contributed by atoms with Crippen molar-refractivity contribution in [3.63, 3.8) is 0 Å². The number of rotatable bonds is 8. The molecular weight excluding hydrogens is 450 g/mol. The van der Waals surface area contributed by atoms with Gasteiger partial charge in [0.1, 0.15) is 18.1 Å². The number of benzene rings is 2. The predicted molar refractivity (Wildman–Crippen MR) is 127 cm³/mol. The van der Waals surface area contributed by atoms with Gasteiger partial charge in [0.05, 0.1) is 16.5 Å². The van der Waals surface area contributed by atoms with Gasteiger partial charge in [-0.3, -0.25) is 24.7 Å². The number of aliphatic hydroxyl groups is 1. The number of likely N-dealkylation sites (tertiary alicyclic amines) is 1. The lowest BCUT2D eigenvalue weighted by Crippen LogP contribution is -2.29. The van der Waals surface area contributed by atoms with Crippen LogP contribution in [0.1, 0.15) is 22.7 Å². The summed E-state index contributed by atoms with van der Waals surface area (Å²) in [6, 6.07) is 14.4. The van der Waals surface area contributed by atoms with Crippen LogP contribution in [0.2, 0.25) is 0 Å². The number of nitro benzene ring substituents is 1. The molecule has 9 heteroatoms. The van der Waals surface area contributed by atoms with E-state index < -0.39 is 22.7 Å². The second-order valence-corrected chi connectivity index (χ2v) is 7.76. The molecule has 1 aliphatic heterocycles. The van der Waals surface area contributed by atoms with Crippen LogP contribution < -0.4 is 4.74 Å². The van der Waals surface area contributed by atoms with Crippen molar-refractivity contribution in [1.29, 1.82) is 0 Å². The Hall–Kier alpha value is -4.79. The van der Waals surface area contributed by atoms with E-state index in [0.29, 0.717) is 29.0 Å². The molecule has 176 valence electrons. The summed E-state index contributed by atoms with van der Waals surface area (Å²) in [5, 5.41) is 22.5. The number of pyridine rings is 1. The molecule has 0 bridgehead atoms. The molecule has 0 saturated carbocycles. The maximum Gasteiger partial charge on any atom is 0.295 e. The largest absolute Gasteiger partial charge is 0.507 e. The van der Waals surface area contributed by atoms with E-state index in [9.17, 15) is 24.8 Å². The average molecular weight is 471 g/mol. The number of carbonyl (C=O) groups is 2. The van der Waals surface area contributed by atoms with E-state index in [0.717, 1.165) is 0 Å². The lowest BCUT2D eigenvalue weighted by molar-refractivity contribution is -0.384. The average Bonchev–Trinajstić information content (AvgIpc) is 3.13. The van der Waals surface area contributed by atoms with Gasteiger partial charge in [-0.15, -0.1) is 0 Å². The van der Waals surface area contributed by atoms with E-state index in [2.05, 4.69) is 11.6 Å². The fraction of sp³-hybridized carbons (Fsp3) is 0.115. The minimum Gasteiger partial charge on any atom is -0.507 e. The molecule has 3 aromatic rings. The maximum atomic E-state index is 13.1. The third kappa shape index (κ3) is 4.79. The monoisotopic (exact) mass is 471 g/mol. The summed E-state index contributed by atoms with van der Waals surface area (Å²) < 4.78 is 5.45. The summed E-state index contributed by atoms with van der Waals surface area (Å²) in [6.45, 7) is 3.92. The quantitative estimate of drug-likeness (QED) is 0.131. The SMILES string of the molecule is C=CCOc1ccc(/C(O)=C2\C(=O)C(=O)N(Cc3cccnc3)[C@H]2c2cccc([N+](=O)[O-])c2)cc1. The maximum absolute atomic E-state index is 13.1. The highest BCUT2D eigenvalue weighted by Gasteiger charge is 2.46. The van der Waals surface area contributed by atoms with Gasteiger partial charge in [0.2, 0.25) is 0 Å². The topological polar surface area (TPSA) is 123 Å². The van der Waals surface area contributed by atoms with Gasteiger partial charge in [0.15, 0.2) is 0 Å². The van der Waals surface area contributed by atoms with E-state index in [1.807, 2.05) is 0 Å². The Morgan fingerprint density at radius 2 is 1.94 bits per heavy atom. The first-order valence-electron chi connectivity index (χ1n) is 10.7. The number of hydrogen-bond acceptors (Lipinski definition) is 7. The highest BCUT2D eigenvalue weighted by atomic mass is 16.6. The van der Waals surface area contributed by atoms with Crippen LogP contribution in [0.15, 0.2) is 91.3 Å². The second kappa shape index (κ2) is 10.0. The van der Waals surface area contributed by atoms with Crippen LogP contribution in [0.5, 0.6) is 5.75 Å². The number of carbonyl (C=O) groups excluding carboxylic acids is 2. The lowest BCUT2D eigenvalue weighted by Gasteiger charge is -2.25. The standard InChI is InChI=1S/C26H21N3O6/c1-2-13-35-21-10-8-18(9-11-21)24(30)22-23(19-6-3-7-20(14-19)29(33)34)28(26(32)25(22)31)16-17-5-4-12-27-15-17/h2-12,14-15,23,30H,1,13,16H2/b24-22+/t23-/m0/s1. The van der Waals surface area contributed by atoms with Crippen LogP contribution in [0.4, 0.5) is 5.69 Å². The number of hydrogen-bond donors (Lipinski definition) is 1. The molecule has 1 amide bonds. The van der Waals surface area contributed by atoms with Crippen LogP contribution in [0.3, 0.4) is 0 Å². The molecule has 2 aromatic carbocycles. The van der Waals surface area contributed by atoms with Crippen LogP contribution in [-0.2, 0) is 16.1 Å². The number of nitro groups is 1. The molecular formula is C26H21N3O6. The summed E-state index contributed by atoms with van der Waals surface area (Å²) in [5.41, 5.74) is 0.936. The molecule has 2 heterocycles. The number of ketones is 1. The van der Waals surface area contributed by atoms with E-state index in [1.54, 1.807) is 60.9 Å². The first-order valence-corrected chi connectivity index (χ1v) is 10.7. The van der Waals surface area contributed by atoms with Gasteiger partial charge in [-0.25, -0.2) is 0 Å². The van der Waals surface area contributed by atoms with Gasteiger partial charge in [0, 0.05) is 36.6 Å². The summed E-state index contributed by atoms with van der Waals surface area (Å²) >= 11 is 0. The number of ether oxygens (including phenoxy) is 1. The summed E-state index contributed by atoms with van der Waals surface area (Å²) in [7, 11) is 0. The van der Waals surface area contributed by atoms with Crippen molar-refractivity contribution in [3.8, 4) is 5.75 Å². The Morgan fingerprint density at radius 3 is 2.60 bits per heavy atom. The van der Waals surface area contributed by atoms with E-state index in [-0.39, 0.29) is 23.6 Å².